The molecule has 85 heavy (non-hydrogen) atoms. The Morgan fingerprint density at radius 1 is 0.588 bits per heavy atom. The fourth-order valence-corrected chi connectivity index (χ4v) is 20.5. The van der Waals surface area contributed by atoms with Crippen molar-refractivity contribution >= 4 is 150 Å². The zero-order valence-corrected chi connectivity index (χ0v) is 54.4. The number of halogens is 1. The summed E-state index contributed by atoms with van der Waals surface area (Å²) in [5.74, 6) is 2.20. The monoisotopic (exact) mass is 1310 g/mol. The Bertz CT molecular complexity index is 3900. The number of hydrogen-bond donors (Lipinski definition) is 3. The van der Waals surface area contributed by atoms with Gasteiger partial charge in [-0.15, -0.1) is 0 Å². The summed E-state index contributed by atoms with van der Waals surface area (Å²) >= 11 is 15.1. The summed E-state index contributed by atoms with van der Waals surface area (Å²) in [7, 11) is 10.7. The van der Waals surface area contributed by atoms with Crippen LogP contribution in [0, 0.1) is 0 Å². The molecule has 2 aliphatic rings. The minimum absolute atomic E-state index is 0.139. The molecule has 4 heterocycles. The summed E-state index contributed by atoms with van der Waals surface area (Å²) in [5.41, 5.74) is 9.82. The number of morpholine rings is 2. The van der Waals surface area contributed by atoms with E-state index >= 15 is 0 Å². The molecule has 0 bridgehead atoms. The molecule has 3 amide bonds. The first kappa shape index (κ1) is 65.9. The Labute approximate surface area is 526 Å². The van der Waals surface area contributed by atoms with Crippen LogP contribution < -0.4 is 35.6 Å². The molecule has 24 heteroatoms. The SMILES string of the molecule is CC1CN(c2ccc(C(N)=O)cc2)CC(C)O1.CCC(=O)c1cccc2cc(Oc3ccnc(Cl)c3)ccc12.CNC(=O)c1cccc2cc(Oc3ccnc(NC(=O)c4ccc(N5CC(C)OC(C)C5)cc4)c3)ccc12.S=S=S=S=S=S=S=S. The van der Waals surface area contributed by atoms with Gasteiger partial charge < -0.3 is 45.1 Å². The maximum Gasteiger partial charge on any atom is 0.256 e. The fraction of sp³-hybridized carbons (Fsp3) is 0.246. The van der Waals surface area contributed by atoms with Crippen LogP contribution in [0.2, 0.25) is 5.15 Å². The number of Topliss-reactive ketones (excluding diaryl/α,β-unsaturated/α-hetero) is 1. The molecule has 2 fully saturated rings. The molecule has 2 saturated heterocycles. The van der Waals surface area contributed by atoms with Crippen LogP contribution in [0.4, 0.5) is 17.2 Å². The maximum absolute atomic E-state index is 12.9. The van der Waals surface area contributed by atoms with Crippen LogP contribution in [0.1, 0.15) is 82.5 Å². The number of anilines is 3. The Kier molecular flexibility index (Phi) is 25.9. The van der Waals surface area contributed by atoms with Gasteiger partial charge in [0.05, 0.1) is 24.4 Å². The van der Waals surface area contributed by atoms with Gasteiger partial charge in [0.25, 0.3) is 11.8 Å². The van der Waals surface area contributed by atoms with Gasteiger partial charge >= 0.3 is 0 Å². The predicted molar refractivity (Wildman–Crippen MR) is 362 cm³/mol. The van der Waals surface area contributed by atoms with E-state index in [0.29, 0.717) is 57.1 Å². The number of nitrogens with one attached hydrogen (secondary N) is 2. The highest BCUT2D eigenvalue weighted by atomic mass is 35.5. The smallest absolute Gasteiger partial charge is 0.256 e. The van der Waals surface area contributed by atoms with E-state index in [1.807, 2.05) is 110 Å². The van der Waals surface area contributed by atoms with Crippen LogP contribution in [-0.4, -0.2) is 91.1 Å². The van der Waals surface area contributed by atoms with Crippen LogP contribution in [0.3, 0.4) is 0 Å². The number of ether oxygens (including phenoxy) is 4. The number of carbonyl (C=O) groups is 4. The lowest BCUT2D eigenvalue weighted by Crippen LogP contribution is -2.45. The van der Waals surface area contributed by atoms with Crippen molar-refractivity contribution in [1.82, 2.24) is 15.3 Å². The van der Waals surface area contributed by atoms with E-state index in [1.165, 1.54) is 17.8 Å². The third kappa shape index (κ3) is 20.0. The molecule has 2 aromatic heterocycles. The van der Waals surface area contributed by atoms with Crippen molar-refractivity contribution in [3.05, 3.63) is 185 Å². The number of hydrogen-bond acceptors (Lipinski definition) is 14. The number of nitrogens with two attached hydrogens (primary N) is 1. The van der Waals surface area contributed by atoms with Crippen LogP contribution in [-0.2, 0) is 85.1 Å². The lowest BCUT2D eigenvalue weighted by atomic mass is 10.00. The van der Waals surface area contributed by atoms with Crippen molar-refractivity contribution in [2.45, 2.75) is 65.5 Å². The van der Waals surface area contributed by atoms with Crippen LogP contribution in [0.5, 0.6) is 23.0 Å². The number of rotatable bonds is 12. The van der Waals surface area contributed by atoms with Gasteiger partial charge in [0.2, 0.25) is 5.91 Å². The first-order valence-electron chi connectivity index (χ1n) is 26.7. The summed E-state index contributed by atoms with van der Waals surface area (Å²) in [4.78, 5) is 60.7. The van der Waals surface area contributed by atoms with Crippen molar-refractivity contribution < 1.29 is 38.1 Å². The van der Waals surface area contributed by atoms with Crippen molar-refractivity contribution in [3.8, 4) is 23.0 Å². The first-order valence-corrected chi connectivity index (χ1v) is 36.4. The number of pyridine rings is 2. The minimum Gasteiger partial charge on any atom is -0.457 e. The lowest BCUT2D eigenvalue weighted by molar-refractivity contribution is -0.00548. The zero-order valence-electron chi connectivity index (χ0n) is 47.1. The summed E-state index contributed by atoms with van der Waals surface area (Å²) < 4.78 is 23.3. The van der Waals surface area contributed by atoms with Gasteiger partial charge in [-0.1, -0.05) is 48.9 Å². The van der Waals surface area contributed by atoms with Crippen molar-refractivity contribution in [2.24, 2.45) is 5.73 Å². The number of primary amides is 1. The maximum atomic E-state index is 12.9. The highest BCUT2D eigenvalue weighted by molar-refractivity contribution is 8.70. The third-order valence-corrected chi connectivity index (χ3v) is 24.2. The lowest BCUT2D eigenvalue weighted by Gasteiger charge is -2.36. The predicted octanol–water partition coefficient (Wildman–Crippen LogP) is 11.9. The second kappa shape index (κ2) is 33.3. The largest absolute Gasteiger partial charge is 0.457 e. The Hall–Kier alpha value is -6.61. The molecule has 4 unspecified atom stereocenters. The molecule has 6 aromatic carbocycles. The third-order valence-electron chi connectivity index (χ3n) is 12.9. The van der Waals surface area contributed by atoms with Gasteiger partial charge in [0.1, 0.15) is 34.0 Å². The van der Waals surface area contributed by atoms with E-state index in [4.69, 9.17) is 36.3 Å². The zero-order chi connectivity index (χ0) is 60.8. The summed E-state index contributed by atoms with van der Waals surface area (Å²) in [5, 5.41) is 9.52. The molecule has 4 N–H and O–H groups in total. The molecular formula is C61H62ClN7O8S8. The standard InChI is InChI=1S/C30H30N4O4.C18H14ClNO2.C13H18N2O2.S8/c1-19-17-34(18-20(2)37-19)23-9-7-21(8-10-23)29(35)33-28-16-25(13-14-32-28)38-24-11-12-26-22(15-24)5-4-6-27(26)30(36)31-3;1-2-17(21)16-5-3-4-12-10-13(6-7-15(12)16)22-14-8-9-20-18(19)11-14;1-9-7-15(8-10(2)17-9)12-5-3-11(4-6-12)13(14)16;1-3-5-7-8-6-4-2/h4-16,19-20H,17-18H2,1-3H3,(H,31,36)(H,32,33,35);3-11H,2H2,1H3;3-6,9-10H,7-8H2,1-2H3,(H2,14,16);. The normalized spacial score (nSPS) is 16.0. The highest BCUT2D eigenvalue weighted by Gasteiger charge is 2.24. The molecule has 0 radical (unpaired) electrons. The van der Waals surface area contributed by atoms with Crippen LogP contribution >= 0.6 is 11.6 Å². The average molecular weight is 1310 g/mol. The number of ketones is 1. The number of nitrogens with zero attached hydrogens (tertiary/aromatic N) is 4. The highest BCUT2D eigenvalue weighted by Crippen LogP contribution is 2.31. The number of aromatic nitrogens is 2. The number of amides is 3. The van der Waals surface area contributed by atoms with Crippen molar-refractivity contribution in [2.75, 3.05) is 48.3 Å². The van der Waals surface area contributed by atoms with Crippen LogP contribution in [0.25, 0.3) is 21.5 Å². The van der Waals surface area contributed by atoms with Gasteiger partial charge in [0.15, 0.2) is 5.78 Å². The summed E-state index contributed by atoms with van der Waals surface area (Å²) in [6.07, 6.45) is 4.46. The fourth-order valence-electron chi connectivity index (χ4n) is 9.35. The number of benzene rings is 6. The molecule has 0 spiro atoms. The van der Waals surface area contributed by atoms with Gasteiger partial charge in [-0.2, -0.15) is 0 Å². The first-order chi connectivity index (χ1) is 41.0. The van der Waals surface area contributed by atoms with E-state index in [2.05, 4.69) is 80.5 Å². The van der Waals surface area contributed by atoms with Gasteiger partial charge in [-0.05, 0) is 152 Å². The number of fused-ring (bicyclic) bond motifs is 2. The Morgan fingerprint density at radius 2 is 1.05 bits per heavy atom. The molecule has 15 nitrogen and oxygen atoms in total. The summed E-state index contributed by atoms with van der Waals surface area (Å²) in [6.45, 7) is 13.5. The van der Waals surface area contributed by atoms with E-state index < -0.39 is 0 Å². The molecule has 0 saturated carbocycles. The summed E-state index contributed by atoms with van der Waals surface area (Å²) in [6, 6.07) is 44.2. The molecule has 4 atom stereocenters. The van der Waals surface area contributed by atoms with E-state index in [-0.39, 0.29) is 47.9 Å². The van der Waals surface area contributed by atoms with Crippen molar-refractivity contribution in [3.63, 3.8) is 0 Å². The average Bonchev–Trinajstić information content (AvgIpc) is 3.55. The van der Waals surface area contributed by atoms with E-state index in [1.54, 1.807) is 97.4 Å². The quantitative estimate of drug-likeness (QED) is 0.0774. The molecule has 8 aromatic rings. The molecule has 10 rings (SSSR count). The Morgan fingerprint density at radius 3 is 1.52 bits per heavy atom. The topological polar surface area (TPSA) is 188 Å². The van der Waals surface area contributed by atoms with E-state index in [0.717, 1.165) is 64.7 Å². The van der Waals surface area contributed by atoms with Gasteiger partial charge in [-0.3, -0.25) is 19.2 Å². The molecule has 0 aliphatic carbocycles. The van der Waals surface area contributed by atoms with Crippen molar-refractivity contribution in [1.29, 1.82) is 0 Å². The molecule has 444 valence electrons. The van der Waals surface area contributed by atoms with E-state index in [9.17, 15) is 19.2 Å². The minimum atomic E-state index is -0.389. The van der Waals surface area contributed by atoms with Gasteiger partial charge in [0, 0.05) is 173 Å². The molecular weight excluding hydrogens is 1250 g/mol. The molecule has 2 aliphatic heterocycles. The van der Waals surface area contributed by atoms with Gasteiger partial charge in [-0.25, -0.2) is 9.97 Å². The second-order valence-electron chi connectivity index (χ2n) is 19.3. The second-order valence-corrected chi connectivity index (χ2v) is 30.3. The Balaban J connectivity index is 0.000000185. The van der Waals surface area contributed by atoms with Crippen LogP contribution in [0.15, 0.2) is 158 Å². The number of carbonyl (C=O) groups excluding carboxylic acids is 4.